The molecule has 0 aliphatic carbocycles. The molecule has 0 aliphatic rings. The number of aliphatic carboxylic acids is 1. The molecule has 0 saturated carbocycles. The van der Waals surface area contributed by atoms with E-state index in [1.807, 2.05) is 13.8 Å². The minimum atomic E-state index is -1.28. The molecule has 222 valence electrons. The van der Waals surface area contributed by atoms with E-state index in [2.05, 4.69) is 40.5 Å². The molecule has 0 aromatic heterocycles. The summed E-state index contributed by atoms with van der Waals surface area (Å²) in [6, 6.07) is 1.69. The minimum Gasteiger partial charge on any atom is -0.481 e. The molecule has 40 heavy (non-hydrogen) atoms. The number of benzene rings is 1. The molecule has 0 bridgehead atoms. The summed E-state index contributed by atoms with van der Waals surface area (Å²) in [6.07, 6.45) is 0.377. The first-order valence-electron chi connectivity index (χ1n) is 12.6. The number of hydrogen-bond donors (Lipinski definition) is 6. The van der Waals surface area contributed by atoms with E-state index >= 15 is 0 Å². The van der Waals surface area contributed by atoms with Gasteiger partial charge in [-0.1, -0.05) is 55.8 Å². The van der Waals surface area contributed by atoms with Crippen LogP contribution in [0, 0.1) is 5.92 Å². The number of alkyl carbamates (subject to hydrolysis) is 1. The van der Waals surface area contributed by atoms with Crippen LogP contribution in [-0.4, -0.2) is 71.9 Å². The summed E-state index contributed by atoms with van der Waals surface area (Å²) in [5.41, 5.74) is 0.789. The van der Waals surface area contributed by atoms with Crippen LogP contribution in [0.3, 0.4) is 0 Å². The number of carboxylic acids is 1. The molecule has 0 radical (unpaired) electrons. The maximum absolute atomic E-state index is 13.1. The molecule has 0 spiro atoms. The van der Waals surface area contributed by atoms with Crippen molar-refractivity contribution in [2.24, 2.45) is 5.92 Å². The second kappa shape index (κ2) is 18.4. The lowest BCUT2D eigenvalue weighted by Crippen LogP contribution is -2.57. The summed E-state index contributed by atoms with van der Waals surface area (Å²) in [7, 11) is 0. The zero-order valence-corrected chi connectivity index (χ0v) is 24.8. The molecular formula is C26H36Cl2N4O7S. The van der Waals surface area contributed by atoms with Crippen molar-refractivity contribution in [3.63, 3.8) is 0 Å². The van der Waals surface area contributed by atoms with Crippen LogP contribution in [0.4, 0.5) is 4.79 Å². The molecule has 1 aromatic rings. The van der Waals surface area contributed by atoms with Gasteiger partial charge in [-0.25, -0.2) is 4.79 Å². The zero-order valence-electron chi connectivity index (χ0n) is 22.4. The van der Waals surface area contributed by atoms with Crippen molar-refractivity contribution in [3.8, 4) is 0 Å². The van der Waals surface area contributed by atoms with E-state index in [1.54, 1.807) is 18.2 Å². The summed E-state index contributed by atoms with van der Waals surface area (Å²) in [4.78, 5) is 61.9. The highest BCUT2D eigenvalue weighted by molar-refractivity contribution is 7.80. The minimum absolute atomic E-state index is 0.0143. The number of halogens is 2. The quantitative estimate of drug-likeness (QED) is 0.115. The molecule has 14 heteroatoms. The van der Waals surface area contributed by atoms with Crippen molar-refractivity contribution in [3.05, 3.63) is 46.5 Å². The van der Waals surface area contributed by atoms with Gasteiger partial charge in [0.1, 0.15) is 24.7 Å². The predicted molar refractivity (Wildman–Crippen MR) is 156 cm³/mol. The van der Waals surface area contributed by atoms with Gasteiger partial charge in [0, 0.05) is 28.8 Å². The lowest BCUT2D eigenvalue weighted by atomic mass is 10.0. The van der Waals surface area contributed by atoms with E-state index in [9.17, 15) is 24.0 Å². The molecule has 11 nitrogen and oxygen atoms in total. The van der Waals surface area contributed by atoms with E-state index in [-0.39, 0.29) is 37.7 Å². The van der Waals surface area contributed by atoms with Crippen molar-refractivity contribution >= 4 is 65.6 Å². The number of rotatable bonds is 17. The fourth-order valence-corrected chi connectivity index (χ4v) is 4.22. The van der Waals surface area contributed by atoms with Crippen molar-refractivity contribution < 1.29 is 33.8 Å². The van der Waals surface area contributed by atoms with E-state index in [0.29, 0.717) is 16.5 Å². The third-order valence-corrected chi connectivity index (χ3v) is 6.40. The van der Waals surface area contributed by atoms with Gasteiger partial charge in [-0.3, -0.25) is 19.2 Å². The first-order valence-corrected chi connectivity index (χ1v) is 14.0. The molecule has 0 heterocycles. The van der Waals surface area contributed by atoms with Crippen LogP contribution in [-0.2, 0) is 30.3 Å². The van der Waals surface area contributed by atoms with Gasteiger partial charge in [0.25, 0.3) is 0 Å². The number of nitrogens with one attached hydrogen (secondary N) is 4. The maximum Gasteiger partial charge on any atom is 0.408 e. The molecule has 0 unspecified atom stereocenters. The molecule has 5 N–H and O–H groups in total. The number of ether oxygens (including phenoxy) is 1. The molecule has 4 amide bonds. The summed E-state index contributed by atoms with van der Waals surface area (Å²) in [5.74, 6) is -3.11. The van der Waals surface area contributed by atoms with Gasteiger partial charge in [-0.05, 0) is 42.9 Å². The Morgan fingerprint density at radius 2 is 1.68 bits per heavy atom. The lowest BCUT2D eigenvalue weighted by Gasteiger charge is -2.25. The third kappa shape index (κ3) is 13.4. The summed E-state index contributed by atoms with van der Waals surface area (Å²) < 4.78 is 4.82. The number of carboxylic acid groups (broad SMARTS) is 1. The van der Waals surface area contributed by atoms with Crippen LogP contribution in [0.25, 0.3) is 0 Å². The van der Waals surface area contributed by atoms with Crippen LogP contribution in [0.2, 0.25) is 10.0 Å². The number of hydrogen-bond acceptors (Lipinski definition) is 7. The molecule has 0 saturated heterocycles. The van der Waals surface area contributed by atoms with E-state index in [4.69, 9.17) is 33.0 Å². The normalized spacial score (nSPS) is 12.9. The van der Waals surface area contributed by atoms with Gasteiger partial charge in [-0.2, -0.15) is 12.6 Å². The molecule has 1 aromatic carbocycles. The summed E-state index contributed by atoms with van der Waals surface area (Å²) in [6.45, 7) is 7.22. The Bertz CT molecular complexity index is 1060. The lowest BCUT2D eigenvalue weighted by molar-refractivity contribution is -0.137. The average molecular weight is 620 g/mol. The monoisotopic (exact) mass is 618 g/mol. The van der Waals surface area contributed by atoms with Gasteiger partial charge < -0.3 is 31.1 Å². The summed E-state index contributed by atoms with van der Waals surface area (Å²) >= 11 is 16.2. The smallest absolute Gasteiger partial charge is 0.408 e. The van der Waals surface area contributed by atoms with Crippen LogP contribution in [0.1, 0.15) is 38.7 Å². The second-order valence-corrected chi connectivity index (χ2v) is 10.4. The molecule has 1 rings (SSSR count). The first-order chi connectivity index (χ1) is 18.9. The Balaban J connectivity index is 2.86. The molecular weight excluding hydrogens is 583 g/mol. The Hall–Kier alpha value is -2.96. The molecule has 0 fully saturated rings. The van der Waals surface area contributed by atoms with Crippen molar-refractivity contribution in [1.82, 2.24) is 21.3 Å². The molecule has 3 atom stereocenters. The second-order valence-electron chi connectivity index (χ2n) is 9.23. The third-order valence-electron chi connectivity index (χ3n) is 5.45. The predicted octanol–water partition coefficient (Wildman–Crippen LogP) is 2.74. The highest BCUT2D eigenvalue weighted by Gasteiger charge is 2.30. The largest absolute Gasteiger partial charge is 0.481 e. The average Bonchev–Trinajstić information content (AvgIpc) is 2.88. The molecule has 0 aliphatic heterocycles. The standard InChI is InChI=1S/C26H36Cl2N4O7S/c1-4-11-39-26(38)32-19(7-8-22(33)34)24(36)30-20(12-15(2)3)25(37)31-21(14-40)23(35)29-10-9-16-5-6-17(27)13-18(16)28/h4-6,13,15,19-21,40H,1,7-12,14H2,2-3H3,(H,29,35)(H,30,36)(H,31,37)(H,32,38)(H,33,34)/t19-,20-,21-/m0/s1. The number of amides is 4. The fraction of sp³-hybridized carbons (Fsp3) is 0.500. The maximum atomic E-state index is 13.1. The van der Waals surface area contributed by atoms with E-state index in [0.717, 1.165) is 5.56 Å². The SMILES string of the molecule is C=CCOC(=O)N[C@@H](CCC(=O)O)C(=O)N[C@@H](CC(C)C)C(=O)N[C@@H](CS)C(=O)NCCc1ccc(Cl)cc1Cl. The zero-order chi connectivity index (χ0) is 30.2. The highest BCUT2D eigenvalue weighted by Crippen LogP contribution is 2.21. The van der Waals surface area contributed by atoms with Crippen LogP contribution in [0.15, 0.2) is 30.9 Å². The topological polar surface area (TPSA) is 163 Å². The van der Waals surface area contributed by atoms with Gasteiger partial charge in [-0.15, -0.1) is 0 Å². The fourth-order valence-electron chi connectivity index (χ4n) is 3.46. The van der Waals surface area contributed by atoms with Gasteiger partial charge in [0.05, 0.1) is 0 Å². The highest BCUT2D eigenvalue weighted by atomic mass is 35.5. The van der Waals surface area contributed by atoms with E-state index in [1.165, 1.54) is 6.08 Å². The van der Waals surface area contributed by atoms with Crippen LogP contribution in [0.5, 0.6) is 0 Å². The Labute approximate surface area is 249 Å². The number of carbonyl (C=O) groups is 5. The Morgan fingerprint density at radius 1 is 1.02 bits per heavy atom. The van der Waals surface area contributed by atoms with Crippen LogP contribution >= 0.6 is 35.8 Å². The van der Waals surface area contributed by atoms with Gasteiger partial charge >= 0.3 is 12.1 Å². The number of thiol groups is 1. The van der Waals surface area contributed by atoms with Gasteiger partial charge in [0.2, 0.25) is 17.7 Å². The summed E-state index contributed by atoms with van der Waals surface area (Å²) in [5, 5.41) is 20.2. The van der Waals surface area contributed by atoms with Crippen molar-refractivity contribution in [2.45, 2.75) is 57.7 Å². The number of carbonyl (C=O) groups excluding carboxylic acids is 4. The van der Waals surface area contributed by atoms with Crippen LogP contribution < -0.4 is 21.3 Å². The Kier molecular flexibility index (Phi) is 16.1. The van der Waals surface area contributed by atoms with Crippen molar-refractivity contribution in [2.75, 3.05) is 18.9 Å². The first kappa shape index (κ1) is 35.1. The Morgan fingerprint density at radius 3 is 2.25 bits per heavy atom. The van der Waals surface area contributed by atoms with E-state index < -0.39 is 54.3 Å². The van der Waals surface area contributed by atoms with Gasteiger partial charge in [0.15, 0.2) is 0 Å². The van der Waals surface area contributed by atoms with Crippen molar-refractivity contribution in [1.29, 1.82) is 0 Å².